The topological polar surface area (TPSA) is 146 Å². The second-order valence-electron chi connectivity index (χ2n) is 1.62. The van der Waals surface area contributed by atoms with Gasteiger partial charge in [-0.05, 0) is 0 Å². The Bertz CT molecular complexity index is 229. The smallest absolute Gasteiger partial charge is 0.335 e. The number of hydrogen-bond acceptors (Lipinski definition) is 4. The first-order valence-electron chi connectivity index (χ1n) is 2.33. The fraction of sp³-hybridized carbons (Fsp3) is 0. The lowest BCUT2D eigenvalue weighted by Crippen LogP contribution is -2.28. The predicted octanol–water partition coefficient (Wildman–Crippen LogP) is -0.414. The van der Waals surface area contributed by atoms with E-state index in [9.17, 15) is 18.9 Å². The first-order valence-corrected chi connectivity index (χ1v) is 4.04. The quantitative estimate of drug-likeness (QED) is 0.505. The monoisotopic (exact) mass is 179 g/mol. The van der Waals surface area contributed by atoms with E-state index in [0.29, 0.717) is 0 Å². The van der Waals surface area contributed by atoms with E-state index in [1.807, 2.05) is 0 Å². The second kappa shape index (κ2) is 2.71. The molecular weight excluding hydrogens is 173 g/mol. The van der Waals surface area contributed by atoms with Gasteiger partial charge < -0.3 is 17.2 Å². The summed E-state index contributed by atoms with van der Waals surface area (Å²) in [6, 6.07) is 0. The van der Waals surface area contributed by atoms with Crippen molar-refractivity contribution in [1.29, 1.82) is 0 Å². The van der Waals surface area contributed by atoms with Crippen molar-refractivity contribution in [2.24, 2.45) is 17.2 Å². The first kappa shape index (κ1) is 9.64. The summed E-state index contributed by atoms with van der Waals surface area (Å²) in [5.74, 6) is 0. The molecule has 62 valence electrons. The largest absolute Gasteiger partial charge is 0.362 e. The van der Waals surface area contributed by atoms with Crippen molar-refractivity contribution in [3.8, 4) is 0 Å². The van der Waals surface area contributed by atoms with Gasteiger partial charge in [-0.15, -0.1) is 0 Å². The average Bonchev–Trinajstić information content (AvgIpc) is 1.84. The van der Waals surface area contributed by atoms with Gasteiger partial charge in [0.15, 0.2) is 0 Å². The van der Waals surface area contributed by atoms with Gasteiger partial charge in [-0.25, -0.2) is 0 Å². The molecule has 0 aliphatic rings. The summed E-state index contributed by atoms with van der Waals surface area (Å²) in [6.07, 6.45) is 0. The Morgan fingerprint density at radius 2 is 1.00 bits per heavy atom. The molecule has 0 aliphatic heterocycles. The number of hydrogen-bond donors (Lipinski definition) is 3. The van der Waals surface area contributed by atoms with Crippen LogP contribution in [0.3, 0.4) is 0 Å². The van der Waals surface area contributed by atoms with Crippen molar-refractivity contribution in [3.05, 3.63) is 0 Å². The Morgan fingerprint density at radius 1 is 0.818 bits per heavy atom. The Morgan fingerprint density at radius 3 is 1.00 bits per heavy atom. The van der Waals surface area contributed by atoms with Gasteiger partial charge in [0, 0.05) is 0 Å². The molecule has 0 bridgehead atoms. The average molecular weight is 179 g/mol. The van der Waals surface area contributed by atoms with Crippen LogP contribution in [0.1, 0.15) is 0 Å². The van der Waals surface area contributed by atoms with Gasteiger partial charge in [-0.2, -0.15) is 0 Å². The summed E-state index contributed by atoms with van der Waals surface area (Å²) in [6.45, 7) is 0. The molecule has 0 aromatic rings. The SMILES string of the molecule is NC(=O)P(=O)(C(N)=O)C(N)=O. The minimum Gasteiger partial charge on any atom is -0.362 e. The van der Waals surface area contributed by atoms with Crippen molar-refractivity contribution < 1.29 is 18.9 Å². The molecule has 0 saturated heterocycles. The second-order valence-corrected chi connectivity index (χ2v) is 4.16. The lowest BCUT2D eigenvalue weighted by Gasteiger charge is -2.03. The number of carbonyl (C=O) groups excluding carboxylic acids is 3. The molecule has 8 heteroatoms. The zero-order valence-corrected chi connectivity index (χ0v) is 6.21. The highest BCUT2D eigenvalue weighted by Crippen LogP contribution is 2.44. The zero-order valence-electron chi connectivity index (χ0n) is 5.31. The summed E-state index contributed by atoms with van der Waals surface area (Å²) < 4.78 is 10.9. The number of carbonyl (C=O) groups is 3. The van der Waals surface area contributed by atoms with Crippen molar-refractivity contribution in [1.82, 2.24) is 0 Å². The fourth-order valence-electron chi connectivity index (χ4n) is 0.326. The summed E-state index contributed by atoms with van der Waals surface area (Å²) in [7, 11) is -4.52. The van der Waals surface area contributed by atoms with E-state index in [-0.39, 0.29) is 0 Å². The van der Waals surface area contributed by atoms with Gasteiger partial charge in [0.1, 0.15) is 0 Å². The molecule has 0 fully saturated rings. The van der Waals surface area contributed by atoms with Crippen LogP contribution >= 0.6 is 7.14 Å². The van der Waals surface area contributed by atoms with Crippen LogP contribution in [0, 0.1) is 0 Å². The summed E-state index contributed by atoms with van der Waals surface area (Å²) in [4.78, 5) is 30.8. The van der Waals surface area contributed by atoms with Gasteiger partial charge >= 0.3 is 7.14 Å². The van der Waals surface area contributed by atoms with Crippen molar-refractivity contribution in [2.75, 3.05) is 0 Å². The van der Waals surface area contributed by atoms with E-state index >= 15 is 0 Å². The maximum absolute atomic E-state index is 10.9. The molecule has 0 aromatic carbocycles. The first-order chi connectivity index (χ1) is 4.83. The van der Waals surface area contributed by atoms with Crippen molar-refractivity contribution in [3.63, 3.8) is 0 Å². The third-order valence-electron chi connectivity index (χ3n) is 0.931. The Labute approximate surface area is 61.3 Å². The summed E-state index contributed by atoms with van der Waals surface area (Å²) in [5, 5.41) is 0. The third kappa shape index (κ3) is 1.38. The van der Waals surface area contributed by atoms with Crippen molar-refractivity contribution >= 4 is 24.1 Å². The molecule has 3 amide bonds. The van der Waals surface area contributed by atoms with Gasteiger partial charge in [-0.1, -0.05) is 0 Å². The molecule has 0 saturated carbocycles. The van der Waals surface area contributed by atoms with Crippen LogP contribution in [0.25, 0.3) is 0 Å². The lowest BCUT2D eigenvalue weighted by molar-refractivity contribution is 0.256. The summed E-state index contributed by atoms with van der Waals surface area (Å²) in [5.41, 5.74) is 8.65. The number of nitrogens with two attached hydrogens (primary N) is 3. The predicted molar refractivity (Wildman–Crippen MR) is 36.4 cm³/mol. The fourth-order valence-corrected chi connectivity index (χ4v) is 0.977. The lowest BCUT2D eigenvalue weighted by atomic mass is 11.4. The van der Waals surface area contributed by atoms with Crippen LogP contribution in [-0.4, -0.2) is 16.9 Å². The summed E-state index contributed by atoms with van der Waals surface area (Å²) >= 11 is 0. The number of rotatable bonds is 3. The molecule has 0 rings (SSSR count). The van der Waals surface area contributed by atoms with E-state index in [2.05, 4.69) is 17.2 Å². The molecule has 0 radical (unpaired) electrons. The highest BCUT2D eigenvalue weighted by atomic mass is 31.2. The molecule has 0 aromatic heterocycles. The van der Waals surface area contributed by atoms with Gasteiger partial charge in [0.2, 0.25) is 0 Å². The minimum absolute atomic E-state index is 1.59. The highest BCUT2D eigenvalue weighted by molar-refractivity contribution is 8.06. The molecular formula is C3H6N3O4P. The number of amides is 3. The van der Waals surface area contributed by atoms with E-state index in [0.717, 1.165) is 0 Å². The van der Waals surface area contributed by atoms with Crippen LogP contribution in [-0.2, 0) is 4.57 Å². The van der Waals surface area contributed by atoms with Gasteiger partial charge in [-0.3, -0.25) is 18.9 Å². The minimum atomic E-state index is -4.52. The molecule has 0 atom stereocenters. The Balaban J connectivity index is 5.18. The van der Waals surface area contributed by atoms with Crippen LogP contribution in [0.15, 0.2) is 0 Å². The third-order valence-corrected chi connectivity index (χ3v) is 2.79. The van der Waals surface area contributed by atoms with E-state index in [4.69, 9.17) is 0 Å². The Kier molecular flexibility index (Phi) is 2.38. The zero-order chi connectivity index (χ0) is 9.23. The van der Waals surface area contributed by atoms with Crippen LogP contribution in [0.4, 0.5) is 14.4 Å². The normalized spacial score (nSPS) is 10.5. The molecule has 11 heavy (non-hydrogen) atoms. The Hall–Kier alpha value is -1.36. The maximum Gasteiger partial charge on any atom is 0.335 e. The van der Waals surface area contributed by atoms with E-state index in [1.54, 1.807) is 0 Å². The van der Waals surface area contributed by atoms with Crippen molar-refractivity contribution in [2.45, 2.75) is 0 Å². The maximum atomic E-state index is 10.9. The van der Waals surface area contributed by atoms with Crippen LogP contribution in [0.5, 0.6) is 0 Å². The number of primary amides is 3. The van der Waals surface area contributed by atoms with E-state index in [1.165, 1.54) is 0 Å². The molecule has 0 spiro atoms. The molecule has 7 nitrogen and oxygen atoms in total. The standard InChI is InChI=1S/C3H6N3O4P/c4-1(7)11(10,2(5)8)3(6)9/h(H2,4,7)(H2,5,8)(H2,6,9). The van der Waals surface area contributed by atoms with Crippen LogP contribution < -0.4 is 17.2 Å². The highest BCUT2D eigenvalue weighted by Gasteiger charge is 2.42. The van der Waals surface area contributed by atoms with E-state index < -0.39 is 24.1 Å². The molecule has 0 unspecified atom stereocenters. The molecule has 6 N–H and O–H groups in total. The van der Waals surface area contributed by atoms with Gasteiger partial charge in [0.05, 0.1) is 0 Å². The van der Waals surface area contributed by atoms with Gasteiger partial charge in [0.25, 0.3) is 16.9 Å². The van der Waals surface area contributed by atoms with Crippen LogP contribution in [0.2, 0.25) is 0 Å². The molecule has 0 heterocycles. The molecule has 0 aliphatic carbocycles.